The van der Waals surface area contributed by atoms with E-state index in [0.717, 1.165) is 79.3 Å². The molecule has 3 aromatic heterocycles. The van der Waals surface area contributed by atoms with E-state index >= 15 is 0 Å². The number of thiophene rings is 1. The predicted molar refractivity (Wildman–Crippen MR) is 172 cm³/mol. The van der Waals surface area contributed by atoms with Crippen LogP contribution < -0.4 is 20.9 Å². The lowest BCUT2D eigenvalue weighted by molar-refractivity contribution is -0.122. The van der Waals surface area contributed by atoms with Crippen molar-refractivity contribution in [1.82, 2.24) is 30.1 Å². The Morgan fingerprint density at radius 1 is 1.12 bits per heavy atom. The maximum Gasteiger partial charge on any atom is 0.234 e. The highest BCUT2D eigenvalue weighted by Gasteiger charge is 2.30. The normalized spacial score (nSPS) is 16.8. The van der Waals surface area contributed by atoms with Crippen molar-refractivity contribution in [2.24, 2.45) is 0 Å². The summed E-state index contributed by atoms with van der Waals surface area (Å²) in [6.07, 6.45) is 4.83. The number of nitrogens with zero attached hydrogens (tertiary/aromatic N) is 3. The molecule has 1 unspecified atom stereocenters. The molecule has 5 aromatic rings. The molecule has 2 atom stereocenters. The van der Waals surface area contributed by atoms with Crippen molar-refractivity contribution < 1.29 is 9.53 Å². The minimum atomic E-state index is 0.0446. The number of hydrogen-bond donors (Lipinski definition) is 3. The lowest BCUT2D eigenvalue weighted by atomic mass is 10.1. The van der Waals surface area contributed by atoms with Crippen LogP contribution in [0.5, 0.6) is 11.5 Å². The third-order valence-electron chi connectivity index (χ3n) is 7.69. The Bertz CT molecular complexity index is 1830. The van der Waals surface area contributed by atoms with E-state index in [0.29, 0.717) is 6.54 Å². The first-order chi connectivity index (χ1) is 20.3. The van der Waals surface area contributed by atoms with E-state index in [1.165, 1.54) is 0 Å². The quantitative estimate of drug-likeness (QED) is 0.214. The number of likely N-dealkylation sites (N-methyl/N-ethyl adjacent to an activating group) is 1. The van der Waals surface area contributed by atoms with Crippen molar-refractivity contribution in [1.29, 1.82) is 0 Å². The number of ether oxygens (including phenoxy) is 1. The largest absolute Gasteiger partial charge is 0.457 e. The number of carbonyl (C=O) groups is 1. The third kappa shape index (κ3) is 5.45. The van der Waals surface area contributed by atoms with Crippen LogP contribution in [0.4, 0.5) is 0 Å². The molecule has 0 spiro atoms. The van der Waals surface area contributed by atoms with Gasteiger partial charge in [-0.1, -0.05) is 31.4 Å². The number of pyridine rings is 1. The number of nitrogens with one attached hydrogen (secondary N) is 3. The van der Waals surface area contributed by atoms with E-state index in [-0.39, 0.29) is 18.0 Å². The van der Waals surface area contributed by atoms with E-state index in [9.17, 15) is 4.79 Å². The summed E-state index contributed by atoms with van der Waals surface area (Å²) in [6, 6.07) is 18.1. The van der Waals surface area contributed by atoms with Crippen LogP contribution in [-0.2, 0) is 4.79 Å². The number of para-hydroxylation sites is 1. The summed E-state index contributed by atoms with van der Waals surface area (Å²) >= 11 is 1.61. The standard InChI is InChI=1S/C33H36N6O2S/c1-20-18-24(41-23-10-7-6-8-11-23)14-15-27(20)39-22(3)36-31-30-28(39)16-17-34-33(30)42-32(31)21(2)35-25-12-9-13-26(25)37-29(40)19-38(4)5/h6-8,10-11,14-18,25-26,35-36H,2-3,9,12-13,19H2,1,4-5H3,(H,37,40)/t25-,26?/m0/s1. The first-order valence-electron chi connectivity index (χ1n) is 14.2. The minimum absolute atomic E-state index is 0.0446. The van der Waals surface area contributed by atoms with Gasteiger partial charge in [0.15, 0.2) is 0 Å². The van der Waals surface area contributed by atoms with Gasteiger partial charge < -0.3 is 25.3 Å². The summed E-state index contributed by atoms with van der Waals surface area (Å²) in [5.41, 5.74) is 5.62. The minimum Gasteiger partial charge on any atom is -0.457 e. The Morgan fingerprint density at radius 3 is 2.62 bits per heavy atom. The number of aromatic amines is 1. The molecule has 1 aliphatic rings. The van der Waals surface area contributed by atoms with Crippen molar-refractivity contribution in [3.05, 3.63) is 83.3 Å². The Kier molecular flexibility index (Phi) is 7.62. The van der Waals surface area contributed by atoms with Crippen LogP contribution in [0.3, 0.4) is 0 Å². The van der Waals surface area contributed by atoms with E-state index < -0.39 is 0 Å². The molecule has 0 radical (unpaired) electrons. The summed E-state index contributed by atoms with van der Waals surface area (Å²) in [5.74, 6) is 1.62. The highest BCUT2D eigenvalue weighted by atomic mass is 32.1. The average Bonchev–Trinajstić information content (AvgIpc) is 3.54. The molecule has 1 amide bonds. The Morgan fingerprint density at radius 2 is 1.88 bits per heavy atom. The zero-order valence-electron chi connectivity index (χ0n) is 24.2. The first kappa shape index (κ1) is 27.8. The third-order valence-corrected chi connectivity index (χ3v) is 8.85. The molecular formula is C33H36N6O2S. The van der Waals surface area contributed by atoms with Gasteiger partial charge in [0.2, 0.25) is 5.91 Å². The molecule has 42 heavy (non-hydrogen) atoms. The zero-order chi connectivity index (χ0) is 29.4. The van der Waals surface area contributed by atoms with Crippen LogP contribution in [0, 0.1) is 6.92 Å². The average molecular weight is 581 g/mol. The van der Waals surface area contributed by atoms with Crippen LogP contribution in [0.1, 0.15) is 29.7 Å². The van der Waals surface area contributed by atoms with E-state index in [4.69, 9.17) is 9.72 Å². The molecule has 1 aliphatic carbocycles. The first-order valence-corrected chi connectivity index (χ1v) is 15.0. The number of rotatable bonds is 9. The van der Waals surface area contributed by atoms with Gasteiger partial charge in [0.05, 0.1) is 33.5 Å². The molecule has 3 N–H and O–H groups in total. The highest BCUT2D eigenvalue weighted by molar-refractivity contribution is 7.20. The second kappa shape index (κ2) is 11.5. The molecule has 6 rings (SSSR count). The molecule has 0 bridgehead atoms. The fraction of sp³-hybridized carbons (Fsp3) is 0.273. The fourth-order valence-electron chi connectivity index (χ4n) is 5.85. The topological polar surface area (TPSA) is 87.2 Å². The molecule has 0 aliphatic heterocycles. The van der Waals surface area contributed by atoms with E-state index in [2.05, 4.69) is 46.3 Å². The van der Waals surface area contributed by atoms with Gasteiger partial charge in [0.1, 0.15) is 21.8 Å². The molecular weight excluding hydrogens is 544 g/mol. The molecule has 9 heteroatoms. The van der Waals surface area contributed by atoms with Crippen LogP contribution >= 0.6 is 11.3 Å². The summed E-state index contributed by atoms with van der Waals surface area (Å²) in [5, 5.41) is 7.89. The Balaban J connectivity index is 1.31. The van der Waals surface area contributed by atoms with Crippen molar-refractivity contribution >= 4 is 50.8 Å². The van der Waals surface area contributed by atoms with E-state index in [1.54, 1.807) is 11.3 Å². The molecule has 216 valence electrons. The zero-order valence-corrected chi connectivity index (χ0v) is 25.1. The summed E-state index contributed by atoms with van der Waals surface area (Å²) < 4.78 is 8.20. The van der Waals surface area contributed by atoms with Gasteiger partial charge >= 0.3 is 0 Å². The highest BCUT2D eigenvalue weighted by Crippen LogP contribution is 2.37. The molecule has 0 saturated heterocycles. The second-order valence-corrected chi connectivity index (χ2v) is 12.2. The maximum atomic E-state index is 12.4. The van der Waals surface area contributed by atoms with Crippen molar-refractivity contribution in [2.75, 3.05) is 20.6 Å². The summed E-state index contributed by atoms with van der Waals surface area (Å²) in [6.45, 7) is 11.3. The van der Waals surface area contributed by atoms with Gasteiger partial charge in [-0.3, -0.25) is 9.36 Å². The van der Waals surface area contributed by atoms with Gasteiger partial charge in [-0.2, -0.15) is 0 Å². The lowest BCUT2D eigenvalue weighted by Crippen LogP contribution is -2.48. The number of aryl methyl sites for hydroxylation is 1. The summed E-state index contributed by atoms with van der Waals surface area (Å²) in [7, 11) is 3.81. The van der Waals surface area contributed by atoms with E-state index in [1.807, 2.05) is 73.7 Å². The Labute approximate surface area is 249 Å². The monoisotopic (exact) mass is 580 g/mol. The van der Waals surface area contributed by atoms with Gasteiger partial charge in [-0.25, -0.2) is 4.98 Å². The van der Waals surface area contributed by atoms with Gasteiger partial charge in [0, 0.05) is 24.0 Å². The fourth-order valence-corrected chi connectivity index (χ4v) is 6.90. The van der Waals surface area contributed by atoms with Crippen LogP contribution in [0.2, 0.25) is 0 Å². The second-order valence-electron chi connectivity index (χ2n) is 11.2. The van der Waals surface area contributed by atoms with Crippen molar-refractivity contribution in [2.45, 2.75) is 38.3 Å². The lowest BCUT2D eigenvalue weighted by Gasteiger charge is -2.24. The molecule has 1 fully saturated rings. The number of aromatic nitrogens is 3. The van der Waals surface area contributed by atoms with Crippen LogP contribution in [0.25, 0.3) is 39.2 Å². The Hall–Kier alpha value is -4.34. The smallest absolute Gasteiger partial charge is 0.234 e. The van der Waals surface area contributed by atoms with Gasteiger partial charge in [-0.05, 0) is 82.2 Å². The predicted octanol–water partition coefficient (Wildman–Crippen LogP) is 5.52. The molecule has 3 heterocycles. The van der Waals surface area contributed by atoms with Crippen LogP contribution in [-0.4, -0.2) is 58.1 Å². The number of hydrogen-bond acceptors (Lipinski definition) is 6. The molecule has 1 saturated carbocycles. The number of carbonyl (C=O) groups excluding carboxylic acids is 1. The molecule has 8 nitrogen and oxygen atoms in total. The maximum absolute atomic E-state index is 12.4. The SMILES string of the molecule is C=C(N[C@H]1CCCC1NC(=O)CN(C)C)c1sc2nccc3c2c1[nH]c(=C)n3-c1ccc(Oc2ccccc2)cc1C. The summed E-state index contributed by atoms with van der Waals surface area (Å²) in [4.78, 5) is 24.5. The van der Waals surface area contributed by atoms with Gasteiger partial charge in [0.25, 0.3) is 0 Å². The van der Waals surface area contributed by atoms with Crippen molar-refractivity contribution in [3.8, 4) is 17.2 Å². The number of amides is 1. The van der Waals surface area contributed by atoms with Crippen molar-refractivity contribution in [3.63, 3.8) is 0 Å². The van der Waals surface area contributed by atoms with Crippen LogP contribution in [0.15, 0.2) is 67.4 Å². The number of benzene rings is 2. The molecule has 2 aromatic carbocycles. The van der Waals surface area contributed by atoms with Gasteiger partial charge in [-0.15, -0.1) is 11.3 Å². The number of H-pyrrole nitrogens is 1.